The van der Waals surface area contributed by atoms with E-state index in [4.69, 9.17) is 5.73 Å². The van der Waals surface area contributed by atoms with Gasteiger partial charge in [0, 0.05) is 38.9 Å². The first-order valence-corrected chi connectivity index (χ1v) is 6.88. The lowest BCUT2D eigenvalue weighted by molar-refractivity contribution is 0.222. The Balaban J connectivity index is 1.89. The normalized spacial score (nSPS) is 18.9. The average Bonchev–Trinajstić information content (AvgIpc) is 2.40. The van der Waals surface area contributed by atoms with Crippen LogP contribution in [0, 0.1) is 5.92 Å². The fourth-order valence-electron chi connectivity index (χ4n) is 2.39. The predicted molar refractivity (Wildman–Crippen MR) is 76.8 cm³/mol. The van der Waals surface area contributed by atoms with Gasteiger partial charge in [-0.15, -0.1) is 0 Å². The number of anilines is 2. The summed E-state index contributed by atoms with van der Waals surface area (Å²) in [7, 11) is 0. The van der Waals surface area contributed by atoms with Crippen molar-refractivity contribution in [1.29, 1.82) is 0 Å². The molecular formula is C14H24N4. The summed E-state index contributed by atoms with van der Waals surface area (Å²) in [5.74, 6) is 1.73. The molecule has 1 aliphatic heterocycles. The highest BCUT2D eigenvalue weighted by atomic mass is 15.3. The number of nitrogens with zero attached hydrogens (tertiary/aromatic N) is 3. The summed E-state index contributed by atoms with van der Waals surface area (Å²) in [5.41, 5.74) is 6.76. The maximum Gasteiger partial charge on any atom is 0.151 e. The van der Waals surface area contributed by atoms with Crippen molar-refractivity contribution < 1.29 is 0 Å². The molecule has 0 bridgehead atoms. The van der Waals surface area contributed by atoms with E-state index >= 15 is 0 Å². The Morgan fingerprint density at radius 3 is 2.67 bits per heavy atom. The van der Waals surface area contributed by atoms with Crippen molar-refractivity contribution in [3.05, 3.63) is 18.3 Å². The summed E-state index contributed by atoms with van der Waals surface area (Å²) < 4.78 is 0. The summed E-state index contributed by atoms with van der Waals surface area (Å²) in [6, 6.07) is 3.81. The molecule has 1 aromatic heterocycles. The first kappa shape index (κ1) is 13.1. The summed E-state index contributed by atoms with van der Waals surface area (Å²) in [6.45, 7) is 10.1. The summed E-state index contributed by atoms with van der Waals surface area (Å²) in [6.07, 6.45) is 3.07. The SMILES string of the molecule is CC[C@H](C)CN1CCN(c2ncccc2N)CC1. The van der Waals surface area contributed by atoms with Crippen LogP contribution in [0.3, 0.4) is 0 Å². The standard InChI is InChI=1S/C14H24N4/c1-3-12(2)11-17-7-9-18(10-8-17)14-13(15)5-4-6-16-14/h4-6,12H,3,7-11,15H2,1-2H3/t12-/m0/s1. The molecule has 2 heterocycles. The number of hydrogen-bond donors (Lipinski definition) is 1. The molecule has 100 valence electrons. The molecule has 0 unspecified atom stereocenters. The monoisotopic (exact) mass is 248 g/mol. The molecule has 18 heavy (non-hydrogen) atoms. The van der Waals surface area contributed by atoms with Crippen molar-refractivity contribution in [1.82, 2.24) is 9.88 Å². The summed E-state index contributed by atoms with van der Waals surface area (Å²) in [4.78, 5) is 9.23. The second-order valence-corrected chi connectivity index (χ2v) is 5.22. The van der Waals surface area contributed by atoms with Crippen molar-refractivity contribution in [2.45, 2.75) is 20.3 Å². The van der Waals surface area contributed by atoms with Gasteiger partial charge in [0.25, 0.3) is 0 Å². The fraction of sp³-hybridized carbons (Fsp3) is 0.643. The molecule has 1 aromatic rings. The van der Waals surface area contributed by atoms with Gasteiger partial charge >= 0.3 is 0 Å². The van der Waals surface area contributed by atoms with Gasteiger partial charge in [-0.3, -0.25) is 4.90 Å². The number of aromatic nitrogens is 1. The lowest BCUT2D eigenvalue weighted by atomic mass is 10.1. The topological polar surface area (TPSA) is 45.4 Å². The quantitative estimate of drug-likeness (QED) is 0.883. The van der Waals surface area contributed by atoms with Gasteiger partial charge in [0.15, 0.2) is 5.82 Å². The molecule has 1 aliphatic rings. The number of hydrogen-bond acceptors (Lipinski definition) is 4. The van der Waals surface area contributed by atoms with Crippen LogP contribution >= 0.6 is 0 Å². The van der Waals surface area contributed by atoms with Crippen LogP contribution in [0.2, 0.25) is 0 Å². The fourth-order valence-corrected chi connectivity index (χ4v) is 2.39. The number of nitrogen functional groups attached to an aromatic ring is 1. The molecule has 0 spiro atoms. The van der Waals surface area contributed by atoms with Crippen LogP contribution in [-0.4, -0.2) is 42.6 Å². The zero-order valence-electron chi connectivity index (χ0n) is 11.5. The third kappa shape index (κ3) is 3.13. The highest BCUT2D eigenvalue weighted by Crippen LogP contribution is 2.20. The van der Waals surface area contributed by atoms with E-state index in [-0.39, 0.29) is 0 Å². The summed E-state index contributed by atoms with van der Waals surface area (Å²) >= 11 is 0. The molecule has 2 rings (SSSR count). The Morgan fingerprint density at radius 1 is 1.33 bits per heavy atom. The van der Waals surface area contributed by atoms with E-state index < -0.39 is 0 Å². The zero-order valence-corrected chi connectivity index (χ0v) is 11.5. The van der Waals surface area contributed by atoms with Crippen LogP contribution in [-0.2, 0) is 0 Å². The van der Waals surface area contributed by atoms with Gasteiger partial charge < -0.3 is 10.6 Å². The maximum absolute atomic E-state index is 5.97. The first-order chi connectivity index (χ1) is 8.70. The van der Waals surface area contributed by atoms with Crippen LogP contribution in [0.4, 0.5) is 11.5 Å². The largest absolute Gasteiger partial charge is 0.396 e. The van der Waals surface area contributed by atoms with Crippen LogP contribution in [0.25, 0.3) is 0 Å². The Hall–Kier alpha value is -1.29. The van der Waals surface area contributed by atoms with E-state index in [2.05, 4.69) is 28.6 Å². The molecule has 1 atom stereocenters. The van der Waals surface area contributed by atoms with E-state index in [1.165, 1.54) is 13.0 Å². The minimum Gasteiger partial charge on any atom is -0.396 e. The van der Waals surface area contributed by atoms with Crippen molar-refractivity contribution >= 4 is 11.5 Å². The van der Waals surface area contributed by atoms with Gasteiger partial charge in [0.1, 0.15) is 0 Å². The molecule has 4 nitrogen and oxygen atoms in total. The molecule has 0 aromatic carbocycles. The predicted octanol–water partition coefficient (Wildman–Crippen LogP) is 1.83. The van der Waals surface area contributed by atoms with Crippen molar-refractivity contribution in [3.63, 3.8) is 0 Å². The molecule has 4 heteroatoms. The van der Waals surface area contributed by atoms with Crippen molar-refractivity contribution in [2.24, 2.45) is 5.92 Å². The zero-order chi connectivity index (χ0) is 13.0. The van der Waals surface area contributed by atoms with Gasteiger partial charge in [-0.05, 0) is 18.1 Å². The molecule has 1 fully saturated rings. The number of nitrogens with two attached hydrogens (primary N) is 1. The average molecular weight is 248 g/mol. The Labute approximate surface area is 110 Å². The van der Waals surface area contributed by atoms with E-state index in [9.17, 15) is 0 Å². The van der Waals surface area contributed by atoms with Crippen LogP contribution < -0.4 is 10.6 Å². The van der Waals surface area contributed by atoms with E-state index in [0.29, 0.717) is 0 Å². The number of piperazine rings is 1. The van der Waals surface area contributed by atoms with Gasteiger partial charge in [-0.1, -0.05) is 20.3 Å². The highest BCUT2D eigenvalue weighted by molar-refractivity contribution is 5.62. The molecule has 2 N–H and O–H groups in total. The van der Waals surface area contributed by atoms with E-state index in [1.54, 1.807) is 0 Å². The van der Waals surface area contributed by atoms with Gasteiger partial charge in [-0.2, -0.15) is 0 Å². The van der Waals surface area contributed by atoms with Crippen molar-refractivity contribution in [2.75, 3.05) is 43.4 Å². The minimum atomic E-state index is 0.785. The minimum absolute atomic E-state index is 0.785. The molecule has 0 saturated carbocycles. The second kappa shape index (κ2) is 6.05. The third-order valence-corrected chi connectivity index (χ3v) is 3.76. The molecule has 0 aliphatic carbocycles. The van der Waals surface area contributed by atoms with E-state index in [1.807, 2.05) is 18.3 Å². The lowest BCUT2D eigenvalue weighted by Gasteiger charge is -2.36. The number of pyridine rings is 1. The molecule has 0 amide bonds. The Bertz CT molecular complexity index is 372. The molecule has 0 radical (unpaired) electrons. The first-order valence-electron chi connectivity index (χ1n) is 6.88. The smallest absolute Gasteiger partial charge is 0.151 e. The highest BCUT2D eigenvalue weighted by Gasteiger charge is 2.20. The van der Waals surface area contributed by atoms with E-state index in [0.717, 1.165) is 43.6 Å². The van der Waals surface area contributed by atoms with Crippen LogP contribution in [0.15, 0.2) is 18.3 Å². The Kier molecular flexibility index (Phi) is 4.42. The van der Waals surface area contributed by atoms with Crippen LogP contribution in [0.5, 0.6) is 0 Å². The lowest BCUT2D eigenvalue weighted by Crippen LogP contribution is -2.48. The maximum atomic E-state index is 5.97. The summed E-state index contributed by atoms with van der Waals surface area (Å²) in [5, 5.41) is 0. The number of rotatable bonds is 4. The van der Waals surface area contributed by atoms with Gasteiger partial charge in [-0.25, -0.2) is 4.98 Å². The van der Waals surface area contributed by atoms with Gasteiger partial charge in [0.2, 0.25) is 0 Å². The van der Waals surface area contributed by atoms with Crippen molar-refractivity contribution in [3.8, 4) is 0 Å². The Morgan fingerprint density at radius 2 is 2.06 bits per heavy atom. The molecule has 1 saturated heterocycles. The molecular weight excluding hydrogens is 224 g/mol. The third-order valence-electron chi connectivity index (χ3n) is 3.76. The van der Waals surface area contributed by atoms with Gasteiger partial charge in [0.05, 0.1) is 5.69 Å². The van der Waals surface area contributed by atoms with Crippen LogP contribution in [0.1, 0.15) is 20.3 Å². The second-order valence-electron chi connectivity index (χ2n) is 5.22.